The number of carbonyl (C=O) groups excluding carboxylic acids is 3. The number of allylic oxidation sites excluding steroid dienone is 4. The van der Waals surface area contributed by atoms with E-state index in [1.807, 2.05) is 6.92 Å². The van der Waals surface area contributed by atoms with Crippen LogP contribution in [0.4, 0.5) is 0 Å². The van der Waals surface area contributed by atoms with E-state index in [0.717, 1.165) is 6.42 Å². The molecule has 3 fully saturated rings. The van der Waals surface area contributed by atoms with Gasteiger partial charge < -0.3 is 39.4 Å². The van der Waals surface area contributed by atoms with Gasteiger partial charge in [0, 0.05) is 22.8 Å². The molecule has 0 aromatic rings. The van der Waals surface area contributed by atoms with E-state index in [9.17, 15) is 34.8 Å². The summed E-state index contributed by atoms with van der Waals surface area (Å²) in [6.07, 6.45) is 2.99. The SMILES string of the molecule is CC(=O)C[C@]12CCC(C)=CC[C@]13CC[C@@]2(C)[C@@](C)(/C=C/C=C(\C)C(=O)O[C@@H]1O[C@H](CO)[C@@H](O)[C@H](O)[C@H]1O)OC3=O. The number of ether oxygens (including phenoxy) is 3. The number of aliphatic hydroxyl groups is 4. The zero-order valence-electron chi connectivity index (χ0n) is 23.9. The highest BCUT2D eigenvalue weighted by molar-refractivity contribution is 5.88. The van der Waals surface area contributed by atoms with Gasteiger partial charge in [-0.3, -0.25) is 4.79 Å². The Kier molecular flexibility index (Phi) is 8.26. The Balaban J connectivity index is 1.58. The van der Waals surface area contributed by atoms with Crippen LogP contribution < -0.4 is 0 Å². The number of hydrogen-bond donors (Lipinski definition) is 4. The van der Waals surface area contributed by atoms with Crippen molar-refractivity contribution >= 4 is 17.7 Å². The summed E-state index contributed by atoms with van der Waals surface area (Å²) in [5.74, 6) is -1.08. The lowest BCUT2D eigenvalue weighted by molar-refractivity contribution is -0.291. The van der Waals surface area contributed by atoms with E-state index in [2.05, 4.69) is 19.9 Å². The minimum atomic E-state index is -1.71. The summed E-state index contributed by atoms with van der Waals surface area (Å²) in [7, 11) is 0. The molecule has 2 aliphatic heterocycles. The molecule has 0 aromatic carbocycles. The first-order valence-electron chi connectivity index (χ1n) is 13.9. The van der Waals surface area contributed by atoms with E-state index >= 15 is 0 Å². The largest absolute Gasteiger partial charge is 0.454 e. The van der Waals surface area contributed by atoms with E-state index in [0.29, 0.717) is 32.1 Å². The van der Waals surface area contributed by atoms with E-state index in [-0.39, 0.29) is 17.3 Å². The number of carbonyl (C=O) groups is 3. The zero-order valence-corrected chi connectivity index (χ0v) is 23.9. The van der Waals surface area contributed by atoms with Crippen molar-refractivity contribution in [1.82, 2.24) is 0 Å². The van der Waals surface area contributed by atoms with Gasteiger partial charge in [0.2, 0.25) is 6.29 Å². The molecule has 2 bridgehead atoms. The Morgan fingerprint density at radius 2 is 1.80 bits per heavy atom. The summed E-state index contributed by atoms with van der Waals surface area (Å²) in [5, 5.41) is 39.4. The Morgan fingerprint density at radius 3 is 2.45 bits per heavy atom. The van der Waals surface area contributed by atoms with Gasteiger partial charge in [-0.15, -0.1) is 0 Å². The van der Waals surface area contributed by atoms with Gasteiger partial charge in [0.25, 0.3) is 0 Å². The molecule has 1 saturated carbocycles. The van der Waals surface area contributed by atoms with Crippen molar-refractivity contribution in [3.05, 3.63) is 35.5 Å². The maximum absolute atomic E-state index is 13.8. The summed E-state index contributed by atoms with van der Waals surface area (Å²) < 4.78 is 16.7. The molecule has 0 unspecified atom stereocenters. The van der Waals surface area contributed by atoms with E-state index in [1.54, 1.807) is 19.1 Å². The van der Waals surface area contributed by atoms with Crippen LogP contribution in [-0.2, 0) is 28.6 Å². The second-order valence-corrected chi connectivity index (χ2v) is 12.4. The lowest BCUT2D eigenvalue weighted by Gasteiger charge is -2.61. The first-order chi connectivity index (χ1) is 18.7. The Morgan fingerprint density at radius 1 is 1.10 bits per heavy atom. The average molecular weight is 563 g/mol. The summed E-state index contributed by atoms with van der Waals surface area (Å²) >= 11 is 0. The molecule has 9 atom stereocenters. The number of cyclic esters (lactones) is 1. The number of hydrogen-bond acceptors (Lipinski definition) is 10. The maximum atomic E-state index is 13.8. The lowest BCUT2D eigenvalue weighted by atomic mass is 9.46. The Hall–Kier alpha value is -2.37. The summed E-state index contributed by atoms with van der Waals surface area (Å²) in [4.78, 5) is 39.2. The predicted molar refractivity (Wildman–Crippen MR) is 142 cm³/mol. The monoisotopic (exact) mass is 562 g/mol. The third-order valence-electron chi connectivity index (χ3n) is 10.3. The molecule has 10 heteroatoms. The summed E-state index contributed by atoms with van der Waals surface area (Å²) in [5.41, 5.74) is -1.56. The number of aliphatic hydroxyl groups excluding tert-OH is 4. The van der Waals surface area contributed by atoms with Crippen LogP contribution in [0.1, 0.15) is 73.1 Å². The molecule has 2 aliphatic carbocycles. The molecule has 2 saturated heterocycles. The maximum Gasteiger partial charge on any atom is 0.336 e. The molecule has 0 amide bonds. The van der Waals surface area contributed by atoms with Gasteiger partial charge in [0.1, 0.15) is 35.8 Å². The lowest BCUT2D eigenvalue weighted by Crippen LogP contribution is -2.65. The number of esters is 2. The van der Waals surface area contributed by atoms with Gasteiger partial charge >= 0.3 is 11.9 Å². The average Bonchev–Trinajstić information content (AvgIpc) is 2.98. The van der Waals surface area contributed by atoms with Crippen LogP contribution in [0.2, 0.25) is 0 Å². The fraction of sp³-hybridized carbons (Fsp3) is 0.700. The molecule has 4 N–H and O–H groups in total. The molecule has 10 nitrogen and oxygen atoms in total. The Labute approximate surface area is 234 Å². The van der Waals surface area contributed by atoms with Gasteiger partial charge in [0.15, 0.2) is 0 Å². The molecule has 4 rings (SSSR count). The highest BCUT2D eigenvalue weighted by Gasteiger charge is 2.77. The molecule has 0 aromatic heterocycles. The highest BCUT2D eigenvalue weighted by Crippen LogP contribution is 2.76. The van der Waals surface area contributed by atoms with Crippen molar-refractivity contribution < 1.29 is 49.0 Å². The van der Waals surface area contributed by atoms with E-state index in [1.165, 1.54) is 18.6 Å². The zero-order chi connectivity index (χ0) is 29.7. The van der Waals surface area contributed by atoms with E-state index < -0.39 is 65.1 Å². The molecule has 4 aliphatic rings. The second-order valence-electron chi connectivity index (χ2n) is 12.4. The highest BCUT2D eigenvalue weighted by atomic mass is 16.7. The second kappa shape index (κ2) is 10.8. The summed E-state index contributed by atoms with van der Waals surface area (Å²) in [6.45, 7) is 8.46. The van der Waals surface area contributed by atoms with Crippen molar-refractivity contribution in [2.75, 3.05) is 6.61 Å². The van der Waals surface area contributed by atoms with Gasteiger partial charge in [-0.05, 0) is 65.9 Å². The molecular weight excluding hydrogens is 520 g/mol. The van der Waals surface area contributed by atoms with Crippen LogP contribution in [0, 0.1) is 16.2 Å². The van der Waals surface area contributed by atoms with Crippen LogP contribution in [0.15, 0.2) is 35.5 Å². The fourth-order valence-corrected chi connectivity index (χ4v) is 7.55. The molecule has 0 radical (unpaired) electrons. The van der Waals surface area contributed by atoms with Crippen molar-refractivity contribution in [3.8, 4) is 0 Å². The minimum absolute atomic E-state index is 0.0461. The standard InChI is InChI=1S/C30H42O10/c1-17-8-11-29-14-13-27(4,30(29,12-9-17)15-19(3)32)28(5,40-26(29)37)10-6-7-18(2)24(36)39-25-23(35)22(34)21(33)20(16-31)38-25/h6-8,10,20-23,25,31,33-35H,9,11-16H2,1-5H3/b10-6+,18-7+/t20-,21-,22+,23-,25+,27+,28-,29-,30+/m1/s1. The third-order valence-corrected chi connectivity index (χ3v) is 10.3. The van der Waals surface area contributed by atoms with Crippen molar-refractivity contribution in [2.45, 2.75) is 109 Å². The van der Waals surface area contributed by atoms with Crippen molar-refractivity contribution in [3.63, 3.8) is 0 Å². The number of Topliss-reactive ketones (excluding diaryl/α,β-unsaturated/α-hetero) is 1. The topological polar surface area (TPSA) is 160 Å². The quantitative estimate of drug-likeness (QED) is 0.156. The molecule has 0 spiro atoms. The van der Waals surface area contributed by atoms with Gasteiger partial charge in [-0.2, -0.15) is 0 Å². The first kappa shape index (κ1) is 30.6. The van der Waals surface area contributed by atoms with Crippen LogP contribution in [-0.4, -0.2) is 81.1 Å². The Bertz CT molecular complexity index is 1140. The molecule has 40 heavy (non-hydrogen) atoms. The molecule has 222 valence electrons. The first-order valence-corrected chi connectivity index (χ1v) is 13.9. The number of rotatable bonds is 7. The molecule has 2 heterocycles. The van der Waals surface area contributed by atoms with Crippen LogP contribution in [0.25, 0.3) is 0 Å². The van der Waals surface area contributed by atoms with Crippen molar-refractivity contribution in [1.29, 1.82) is 0 Å². The van der Waals surface area contributed by atoms with Crippen molar-refractivity contribution in [2.24, 2.45) is 16.2 Å². The van der Waals surface area contributed by atoms with Crippen LogP contribution in [0.5, 0.6) is 0 Å². The van der Waals surface area contributed by atoms with E-state index in [4.69, 9.17) is 14.2 Å². The number of ketones is 1. The molecular formula is C30H42O10. The fourth-order valence-electron chi connectivity index (χ4n) is 7.55. The predicted octanol–water partition coefficient (Wildman–Crippen LogP) is 2.03. The van der Waals surface area contributed by atoms with Crippen LogP contribution >= 0.6 is 0 Å². The van der Waals surface area contributed by atoms with Gasteiger partial charge in [-0.1, -0.05) is 30.7 Å². The third kappa shape index (κ3) is 4.58. The normalized spacial score (nSPS) is 43.5. The van der Waals surface area contributed by atoms with Crippen LogP contribution in [0.3, 0.4) is 0 Å². The minimum Gasteiger partial charge on any atom is -0.454 e. The van der Waals surface area contributed by atoms with Gasteiger partial charge in [-0.25, -0.2) is 4.79 Å². The van der Waals surface area contributed by atoms with Gasteiger partial charge in [0.05, 0.1) is 12.0 Å². The summed E-state index contributed by atoms with van der Waals surface area (Å²) in [6, 6.07) is 0. The smallest absolute Gasteiger partial charge is 0.336 e.